The normalized spacial score (nSPS) is 12.4. The molecule has 1 aromatic carbocycles. The molecule has 1 atom stereocenters. The van der Waals surface area contributed by atoms with E-state index in [1.165, 1.54) is 6.07 Å². The number of nitrogens with one attached hydrogen (secondary N) is 1. The zero-order valence-corrected chi connectivity index (χ0v) is 11.2. The van der Waals surface area contributed by atoms with E-state index in [0.717, 1.165) is 5.69 Å². The number of benzene rings is 1. The van der Waals surface area contributed by atoms with Crippen molar-refractivity contribution in [2.45, 2.75) is 26.5 Å². The molecule has 19 heavy (non-hydrogen) atoms. The fourth-order valence-corrected chi connectivity index (χ4v) is 1.74. The molecule has 5 heteroatoms. The maximum atomic E-state index is 13.9. The second kappa shape index (κ2) is 5.84. The van der Waals surface area contributed by atoms with Crippen LogP contribution in [0.4, 0.5) is 4.39 Å². The molecule has 0 radical (unpaired) electrons. The highest BCUT2D eigenvalue weighted by molar-refractivity contribution is 5.30. The van der Waals surface area contributed by atoms with Crippen LogP contribution >= 0.6 is 0 Å². The van der Waals surface area contributed by atoms with Crippen LogP contribution in [0, 0.1) is 12.7 Å². The van der Waals surface area contributed by atoms with Crippen molar-refractivity contribution in [3.63, 3.8) is 0 Å². The van der Waals surface area contributed by atoms with Crippen molar-refractivity contribution >= 4 is 0 Å². The van der Waals surface area contributed by atoms with Gasteiger partial charge in [0.1, 0.15) is 18.2 Å². The zero-order chi connectivity index (χ0) is 13.8. The molecule has 4 nitrogen and oxygen atoms in total. The van der Waals surface area contributed by atoms with Crippen molar-refractivity contribution < 1.29 is 13.7 Å². The van der Waals surface area contributed by atoms with E-state index in [2.05, 4.69) is 10.5 Å². The molecule has 0 aliphatic carbocycles. The first-order valence-corrected chi connectivity index (χ1v) is 6.12. The van der Waals surface area contributed by atoms with E-state index in [4.69, 9.17) is 9.26 Å². The molecule has 0 spiro atoms. The van der Waals surface area contributed by atoms with Crippen molar-refractivity contribution in [1.82, 2.24) is 10.5 Å². The Hall–Kier alpha value is -1.88. The van der Waals surface area contributed by atoms with E-state index in [1.54, 1.807) is 25.2 Å². The van der Waals surface area contributed by atoms with E-state index < -0.39 is 0 Å². The Balaban J connectivity index is 2.04. The maximum absolute atomic E-state index is 13.9. The molecule has 1 heterocycles. The smallest absolute Gasteiger partial charge is 0.174 e. The van der Waals surface area contributed by atoms with Crippen molar-refractivity contribution in [2.24, 2.45) is 0 Å². The van der Waals surface area contributed by atoms with Crippen LogP contribution in [0.25, 0.3) is 0 Å². The van der Waals surface area contributed by atoms with Gasteiger partial charge in [-0.2, -0.15) is 0 Å². The lowest BCUT2D eigenvalue weighted by Crippen LogP contribution is -2.13. The van der Waals surface area contributed by atoms with Gasteiger partial charge in [0.25, 0.3) is 0 Å². The summed E-state index contributed by atoms with van der Waals surface area (Å²) >= 11 is 0. The summed E-state index contributed by atoms with van der Waals surface area (Å²) < 4.78 is 24.3. The molecular weight excluding hydrogens is 247 g/mol. The molecule has 2 aromatic rings. The molecule has 1 unspecified atom stereocenters. The van der Waals surface area contributed by atoms with Crippen LogP contribution in [0.3, 0.4) is 0 Å². The average Bonchev–Trinajstić information content (AvgIpc) is 2.81. The van der Waals surface area contributed by atoms with E-state index in [-0.39, 0.29) is 18.5 Å². The molecule has 0 amide bonds. The van der Waals surface area contributed by atoms with Crippen LogP contribution in [0.5, 0.6) is 5.75 Å². The third-order valence-corrected chi connectivity index (χ3v) is 2.93. The van der Waals surface area contributed by atoms with Crippen molar-refractivity contribution in [1.29, 1.82) is 0 Å². The summed E-state index contributed by atoms with van der Waals surface area (Å²) in [5, 5.41) is 6.76. The fourth-order valence-electron chi connectivity index (χ4n) is 1.74. The summed E-state index contributed by atoms with van der Waals surface area (Å²) in [5.41, 5.74) is 1.41. The fraction of sp³-hybridized carbons (Fsp3) is 0.357. The Bertz CT molecular complexity index is 554. The van der Waals surface area contributed by atoms with Gasteiger partial charge in [-0.1, -0.05) is 11.2 Å². The predicted molar refractivity (Wildman–Crippen MR) is 69.4 cm³/mol. The van der Waals surface area contributed by atoms with Gasteiger partial charge in [-0.05, 0) is 27.0 Å². The minimum absolute atomic E-state index is 0.0361. The molecule has 2 rings (SSSR count). The lowest BCUT2D eigenvalue weighted by Gasteiger charge is -2.12. The number of aromatic nitrogens is 1. The van der Waals surface area contributed by atoms with E-state index in [1.807, 2.05) is 13.8 Å². The van der Waals surface area contributed by atoms with E-state index in [9.17, 15) is 4.39 Å². The third-order valence-electron chi connectivity index (χ3n) is 2.93. The number of ether oxygens (including phenoxy) is 1. The molecule has 102 valence electrons. The Morgan fingerprint density at radius 3 is 2.79 bits per heavy atom. The maximum Gasteiger partial charge on any atom is 0.174 e. The molecule has 0 aliphatic heterocycles. The Labute approximate surface area is 111 Å². The number of nitrogens with zero attached hydrogens (tertiary/aromatic N) is 1. The van der Waals surface area contributed by atoms with Crippen LogP contribution in [0.2, 0.25) is 0 Å². The number of rotatable bonds is 5. The Kier molecular flexibility index (Phi) is 4.16. The van der Waals surface area contributed by atoms with Gasteiger partial charge in [0.05, 0.1) is 5.69 Å². The first-order valence-electron chi connectivity index (χ1n) is 6.12. The molecule has 0 fully saturated rings. The quantitative estimate of drug-likeness (QED) is 0.901. The van der Waals surface area contributed by atoms with Gasteiger partial charge in [-0.15, -0.1) is 0 Å². The highest BCUT2D eigenvalue weighted by atomic mass is 19.1. The minimum atomic E-state index is -0.284. The van der Waals surface area contributed by atoms with Gasteiger partial charge in [0, 0.05) is 23.7 Å². The van der Waals surface area contributed by atoms with Crippen molar-refractivity contribution in [2.75, 3.05) is 7.05 Å². The highest BCUT2D eigenvalue weighted by Crippen LogP contribution is 2.22. The number of halogens is 1. The first-order chi connectivity index (χ1) is 9.10. The Morgan fingerprint density at radius 1 is 1.42 bits per heavy atom. The summed E-state index contributed by atoms with van der Waals surface area (Å²) in [6.45, 7) is 3.97. The summed E-state index contributed by atoms with van der Waals surface area (Å²) in [6.07, 6.45) is 0. The van der Waals surface area contributed by atoms with Crippen LogP contribution in [-0.2, 0) is 6.61 Å². The summed E-state index contributed by atoms with van der Waals surface area (Å²) in [4.78, 5) is 0. The largest absolute Gasteiger partial charge is 0.485 e. The van der Waals surface area contributed by atoms with E-state index in [0.29, 0.717) is 17.1 Å². The van der Waals surface area contributed by atoms with Gasteiger partial charge >= 0.3 is 0 Å². The molecule has 0 aliphatic rings. The number of aryl methyl sites for hydroxylation is 1. The minimum Gasteiger partial charge on any atom is -0.485 e. The average molecular weight is 264 g/mol. The zero-order valence-electron chi connectivity index (χ0n) is 11.2. The lowest BCUT2D eigenvalue weighted by atomic mass is 10.1. The standard InChI is InChI=1S/C14H17FN2O2/c1-9-6-12(19-17-9)8-18-11-4-5-13(10(2)16-3)14(15)7-11/h4-7,10,16H,8H2,1-3H3. The monoisotopic (exact) mass is 264 g/mol. The van der Waals surface area contributed by atoms with Crippen molar-refractivity contribution in [3.8, 4) is 5.75 Å². The van der Waals surface area contributed by atoms with Gasteiger partial charge in [0.2, 0.25) is 0 Å². The Morgan fingerprint density at radius 2 is 2.21 bits per heavy atom. The topological polar surface area (TPSA) is 47.3 Å². The van der Waals surface area contributed by atoms with Crippen LogP contribution < -0.4 is 10.1 Å². The summed E-state index contributed by atoms with van der Waals surface area (Å²) in [6, 6.07) is 6.60. The van der Waals surface area contributed by atoms with Gasteiger partial charge in [-0.3, -0.25) is 0 Å². The first kappa shape index (κ1) is 13.5. The molecule has 0 saturated heterocycles. The van der Waals surface area contributed by atoms with Crippen molar-refractivity contribution in [3.05, 3.63) is 47.1 Å². The van der Waals surface area contributed by atoms with Gasteiger partial charge in [-0.25, -0.2) is 4.39 Å². The van der Waals surface area contributed by atoms with Crippen LogP contribution in [0.15, 0.2) is 28.8 Å². The molecular formula is C14H17FN2O2. The SMILES string of the molecule is CNC(C)c1ccc(OCc2cc(C)no2)cc1F. The molecule has 0 saturated carbocycles. The summed E-state index contributed by atoms with van der Waals surface area (Å²) in [5.74, 6) is 0.803. The highest BCUT2D eigenvalue weighted by Gasteiger charge is 2.10. The third kappa shape index (κ3) is 3.32. The van der Waals surface area contributed by atoms with Crippen LogP contribution in [-0.4, -0.2) is 12.2 Å². The number of hydrogen-bond donors (Lipinski definition) is 1. The van der Waals surface area contributed by atoms with Gasteiger partial charge < -0.3 is 14.6 Å². The lowest BCUT2D eigenvalue weighted by molar-refractivity contribution is 0.248. The second-order valence-corrected chi connectivity index (χ2v) is 4.42. The second-order valence-electron chi connectivity index (χ2n) is 4.42. The van der Waals surface area contributed by atoms with E-state index >= 15 is 0 Å². The van der Waals surface area contributed by atoms with Crippen LogP contribution in [0.1, 0.15) is 30.0 Å². The molecule has 1 N–H and O–H groups in total. The predicted octanol–water partition coefficient (Wildman–Crippen LogP) is 2.98. The summed E-state index contributed by atoms with van der Waals surface area (Å²) in [7, 11) is 1.79. The van der Waals surface area contributed by atoms with Gasteiger partial charge in [0.15, 0.2) is 5.76 Å². The molecule has 1 aromatic heterocycles. The molecule has 0 bridgehead atoms. The number of hydrogen-bond acceptors (Lipinski definition) is 4.